The molecule has 1 aromatic rings. The lowest BCUT2D eigenvalue weighted by Crippen LogP contribution is -2.35. The van der Waals surface area contributed by atoms with Gasteiger partial charge in [-0.05, 0) is 24.5 Å². The van der Waals surface area contributed by atoms with Gasteiger partial charge in [-0.25, -0.2) is 4.39 Å². The zero-order valence-corrected chi connectivity index (χ0v) is 11.0. The van der Waals surface area contributed by atoms with Crippen LogP contribution in [0.3, 0.4) is 0 Å². The normalized spacial score (nSPS) is 24.8. The van der Waals surface area contributed by atoms with E-state index in [-0.39, 0.29) is 10.8 Å². The minimum atomic E-state index is -0.643. The topological polar surface area (TPSA) is 29.1 Å². The molecule has 0 unspecified atom stereocenters. The van der Waals surface area contributed by atoms with Crippen LogP contribution in [0.2, 0.25) is 5.02 Å². The molecule has 1 saturated heterocycles. The van der Waals surface area contributed by atoms with Gasteiger partial charge in [0.05, 0.1) is 5.02 Å². The molecule has 5 heteroatoms. The Bertz CT molecular complexity index is 417. The first-order chi connectivity index (χ1) is 8.16. The molecule has 1 aromatic carbocycles. The summed E-state index contributed by atoms with van der Waals surface area (Å²) in [4.78, 5) is 0. The van der Waals surface area contributed by atoms with Crippen molar-refractivity contribution in [2.24, 2.45) is 0 Å². The third-order valence-electron chi connectivity index (χ3n) is 3.00. The van der Waals surface area contributed by atoms with E-state index in [2.05, 4.69) is 5.32 Å². The number of halogens is 2. The molecule has 1 heterocycles. The van der Waals surface area contributed by atoms with Gasteiger partial charge in [0, 0.05) is 34.9 Å². The average Bonchev–Trinajstić information content (AvgIpc) is 2.33. The van der Waals surface area contributed by atoms with Crippen LogP contribution in [-0.4, -0.2) is 21.8 Å². The van der Waals surface area contributed by atoms with Crippen molar-refractivity contribution >= 4 is 22.4 Å². The van der Waals surface area contributed by atoms with Gasteiger partial charge in [0.15, 0.2) is 0 Å². The summed E-state index contributed by atoms with van der Waals surface area (Å²) in [5.41, 5.74) is 0.776. The van der Waals surface area contributed by atoms with E-state index >= 15 is 0 Å². The van der Waals surface area contributed by atoms with Crippen LogP contribution in [-0.2, 0) is 17.3 Å². The zero-order chi connectivity index (χ0) is 12.3. The molecule has 1 N–H and O–H groups in total. The van der Waals surface area contributed by atoms with Crippen molar-refractivity contribution in [2.75, 3.05) is 11.5 Å². The highest BCUT2D eigenvalue weighted by Gasteiger charge is 2.17. The van der Waals surface area contributed by atoms with Gasteiger partial charge < -0.3 is 5.32 Å². The summed E-state index contributed by atoms with van der Waals surface area (Å²) in [7, 11) is -0.643. The fourth-order valence-corrected chi connectivity index (χ4v) is 3.43. The number of hydrogen-bond donors (Lipinski definition) is 1. The molecule has 0 radical (unpaired) electrons. The van der Waals surface area contributed by atoms with Crippen LogP contribution in [0.5, 0.6) is 0 Å². The van der Waals surface area contributed by atoms with Crippen LogP contribution >= 0.6 is 11.6 Å². The summed E-state index contributed by atoms with van der Waals surface area (Å²) >= 11 is 5.87. The highest BCUT2D eigenvalue weighted by molar-refractivity contribution is 7.85. The molecule has 94 valence electrons. The van der Waals surface area contributed by atoms with E-state index in [1.807, 2.05) is 6.07 Å². The minimum Gasteiger partial charge on any atom is -0.310 e. The van der Waals surface area contributed by atoms with Crippen molar-refractivity contribution in [1.29, 1.82) is 0 Å². The second-order valence-corrected chi connectivity index (χ2v) is 6.29. The number of rotatable bonds is 3. The Hall–Kier alpha value is -0.450. The number of nitrogens with one attached hydrogen (secondary N) is 1. The number of hydrogen-bond acceptors (Lipinski definition) is 2. The van der Waals surface area contributed by atoms with Crippen molar-refractivity contribution < 1.29 is 8.60 Å². The highest BCUT2D eigenvalue weighted by atomic mass is 35.5. The molecule has 2 nitrogen and oxygen atoms in total. The summed E-state index contributed by atoms with van der Waals surface area (Å²) in [6, 6.07) is 5.20. The molecular formula is C12H15ClFNOS. The first kappa shape index (κ1) is 13.0. The maximum Gasteiger partial charge on any atom is 0.142 e. The Kier molecular flexibility index (Phi) is 4.54. The van der Waals surface area contributed by atoms with Crippen LogP contribution < -0.4 is 5.32 Å². The standard InChI is InChI=1S/C12H15ClFNOS/c13-12-9(2-1-3-11(12)14)8-15-10-4-6-17(16)7-5-10/h1-3,10,15H,4-8H2. The molecule has 1 fully saturated rings. The second kappa shape index (κ2) is 5.94. The third-order valence-corrected chi connectivity index (χ3v) is 4.81. The largest absolute Gasteiger partial charge is 0.310 e. The van der Waals surface area contributed by atoms with E-state index in [1.165, 1.54) is 6.07 Å². The van der Waals surface area contributed by atoms with Crippen molar-refractivity contribution in [2.45, 2.75) is 25.4 Å². The summed E-state index contributed by atoms with van der Waals surface area (Å²) < 4.78 is 24.4. The van der Waals surface area contributed by atoms with Gasteiger partial charge >= 0.3 is 0 Å². The molecule has 0 bridgehead atoms. The molecule has 1 aliphatic rings. The lowest BCUT2D eigenvalue weighted by molar-refractivity contribution is 0.474. The molecule has 0 spiro atoms. The van der Waals surface area contributed by atoms with Crippen molar-refractivity contribution in [3.63, 3.8) is 0 Å². The smallest absolute Gasteiger partial charge is 0.142 e. The van der Waals surface area contributed by atoms with Crippen molar-refractivity contribution in [1.82, 2.24) is 5.32 Å². The van der Waals surface area contributed by atoms with Crippen LogP contribution in [0.4, 0.5) is 4.39 Å². The van der Waals surface area contributed by atoms with Crippen LogP contribution in [0, 0.1) is 5.82 Å². The first-order valence-electron chi connectivity index (χ1n) is 5.68. The van der Waals surface area contributed by atoms with Crippen LogP contribution in [0.1, 0.15) is 18.4 Å². The van der Waals surface area contributed by atoms with Crippen molar-refractivity contribution in [3.05, 3.63) is 34.6 Å². The van der Waals surface area contributed by atoms with Gasteiger partial charge in [0.25, 0.3) is 0 Å². The van der Waals surface area contributed by atoms with Gasteiger partial charge in [0.1, 0.15) is 5.82 Å². The predicted molar refractivity (Wildman–Crippen MR) is 69.1 cm³/mol. The lowest BCUT2D eigenvalue weighted by Gasteiger charge is -2.22. The Labute approximate surface area is 108 Å². The van der Waals surface area contributed by atoms with Gasteiger partial charge in [-0.1, -0.05) is 23.7 Å². The Morgan fingerprint density at radius 2 is 2.12 bits per heavy atom. The quantitative estimate of drug-likeness (QED) is 0.918. The van der Waals surface area contributed by atoms with E-state index in [0.29, 0.717) is 12.6 Å². The summed E-state index contributed by atoms with van der Waals surface area (Å²) in [6.45, 7) is 0.563. The highest BCUT2D eigenvalue weighted by Crippen LogP contribution is 2.20. The second-order valence-electron chi connectivity index (χ2n) is 4.22. The SMILES string of the molecule is O=S1CCC(NCc2cccc(F)c2Cl)CC1. The Morgan fingerprint density at radius 1 is 1.41 bits per heavy atom. The van der Waals surface area contributed by atoms with E-state index < -0.39 is 10.8 Å². The first-order valence-corrected chi connectivity index (χ1v) is 7.54. The predicted octanol–water partition coefficient (Wildman–Crippen LogP) is 2.48. The Morgan fingerprint density at radius 3 is 2.82 bits per heavy atom. The van der Waals surface area contributed by atoms with Gasteiger partial charge in [-0.2, -0.15) is 0 Å². The molecule has 1 aliphatic heterocycles. The van der Waals surface area contributed by atoms with Crippen LogP contribution in [0.15, 0.2) is 18.2 Å². The van der Waals surface area contributed by atoms with E-state index in [1.54, 1.807) is 6.07 Å². The summed E-state index contributed by atoms with van der Waals surface area (Å²) in [5, 5.41) is 3.53. The molecule has 2 rings (SSSR count). The van der Waals surface area contributed by atoms with Crippen molar-refractivity contribution in [3.8, 4) is 0 Å². The zero-order valence-electron chi connectivity index (χ0n) is 9.42. The van der Waals surface area contributed by atoms with Gasteiger partial charge in [-0.3, -0.25) is 4.21 Å². The average molecular weight is 276 g/mol. The summed E-state index contributed by atoms with van der Waals surface area (Å²) in [6.07, 6.45) is 1.83. The fourth-order valence-electron chi connectivity index (χ4n) is 1.94. The monoisotopic (exact) mass is 275 g/mol. The maximum atomic E-state index is 13.2. The maximum absolute atomic E-state index is 13.2. The third kappa shape index (κ3) is 3.50. The Balaban J connectivity index is 1.89. The molecule has 0 atom stereocenters. The molecular weight excluding hydrogens is 261 g/mol. The van der Waals surface area contributed by atoms with E-state index in [0.717, 1.165) is 29.9 Å². The van der Waals surface area contributed by atoms with E-state index in [4.69, 9.17) is 11.6 Å². The molecule has 0 saturated carbocycles. The summed E-state index contributed by atoms with van der Waals surface area (Å²) in [5.74, 6) is 1.14. The molecule has 17 heavy (non-hydrogen) atoms. The minimum absolute atomic E-state index is 0.194. The lowest BCUT2D eigenvalue weighted by atomic mass is 10.1. The number of benzene rings is 1. The van der Waals surface area contributed by atoms with Crippen LogP contribution in [0.25, 0.3) is 0 Å². The molecule has 0 aliphatic carbocycles. The van der Waals surface area contributed by atoms with Gasteiger partial charge in [-0.15, -0.1) is 0 Å². The van der Waals surface area contributed by atoms with Gasteiger partial charge in [0.2, 0.25) is 0 Å². The molecule has 0 aromatic heterocycles. The van der Waals surface area contributed by atoms with E-state index in [9.17, 15) is 8.60 Å². The fraction of sp³-hybridized carbons (Fsp3) is 0.500. The molecule has 0 amide bonds.